The summed E-state index contributed by atoms with van der Waals surface area (Å²) in [7, 11) is -1.91. The number of carbonyl (C=O) groups excluding carboxylic acids is 1. The van der Waals surface area contributed by atoms with Gasteiger partial charge in [0.05, 0.1) is 7.11 Å². The third-order valence-electron chi connectivity index (χ3n) is 2.12. The lowest BCUT2D eigenvalue weighted by atomic mass is 10.3. The first-order valence-electron chi connectivity index (χ1n) is 4.93. The summed E-state index contributed by atoms with van der Waals surface area (Å²) in [6.45, 7) is 0. The number of halogens is 1. The van der Waals surface area contributed by atoms with Crippen LogP contribution in [0.25, 0.3) is 0 Å². The Bertz CT molecular complexity index is 573. The number of alkyl halides is 1. The largest absolute Gasteiger partial charge is 0.495 e. The van der Waals surface area contributed by atoms with Crippen LogP contribution in [-0.2, 0) is 19.6 Å². The lowest BCUT2D eigenvalue weighted by Gasteiger charge is -2.11. The van der Waals surface area contributed by atoms with Gasteiger partial charge < -0.3 is 14.8 Å². The summed E-state index contributed by atoms with van der Waals surface area (Å²) in [5, 5.41) is 2.39. The molecule has 0 aliphatic heterocycles. The van der Waals surface area contributed by atoms with Crippen LogP contribution in [-0.4, -0.2) is 38.7 Å². The Morgan fingerprint density at radius 1 is 1.42 bits per heavy atom. The van der Waals surface area contributed by atoms with Crippen LogP contribution >= 0.6 is 11.6 Å². The number of nitrogens with one attached hydrogen (secondary N) is 1. The average Bonchev–Trinajstić information content (AvgIpc) is 2.36. The molecule has 1 aromatic rings. The maximum absolute atomic E-state index is 11.4. The van der Waals surface area contributed by atoms with Crippen molar-refractivity contribution in [1.82, 2.24) is 0 Å². The van der Waals surface area contributed by atoms with E-state index < -0.39 is 26.5 Å². The molecule has 0 spiro atoms. The molecule has 0 fully saturated rings. The van der Waals surface area contributed by atoms with E-state index in [1.54, 1.807) is 0 Å². The van der Waals surface area contributed by atoms with E-state index in [1.165, 1.54) is 26.4 Å². The van der Waals surface area contributed by atoms with E-state index in [4.69, 9.17) is 20.9 Å². The van der Waals surface area contributed by atoms with Gasteiger partial charge in [-0.25, -0.2) is 0 Å². The minimum absolute atomic E-state index is 0.108. The van der Waals surface area contributed by atoms with E-state index in [1.807, 2.05) is 0 Å². The molecule has 106 valence electrons. The monoisotopic (exact) mass is 309 g/mol. The molecule has 1 amide bonds. The molecule has 0 bridgehead atoms. The maximum Gasteiger partial charge on any atom is 0.298 e. The Morgan fingerprint density at radius 3 is 2.53 bits per heavy atom. The number of hydrogen-bond acceptors (Lipinski definition) is 5. The highest BCUT2D eigenvalue weighted by Crippen LogP contribution is 2.27. The first-order valence-corrected chi connectivity index (χ1v) is 6.80. The third-order valence-corrected chi connectivity index (χ3v) is 3.39. The highest BCUT2D eigenvalue weighted by atomic mass is 35.5. The molecule has 7 nitrogen and oxygen atoms in total. The van der Waals surface area contributed by atoms with E-state index in [2.05, 4.69) is 10.1 Å². The molecule has 0 heterocycles. The van der Waals surface area contributed by atoms with Gasteiger partial charge in [0, 0.05) is 18.9 Å². The van der Waals surface area contributed by atoms with Gasteiger partial charge in [0.15, 0.2) is 0 Å². The van der Waals surface area contributed by atoms with Crippen molar-refractivity contribution in [1.29, 1.82) is 0 Å². The van der Waals surface area contributed by atoms with Gasteiger partial charge in [-0.1, -0.05) is 11.6 Å². The molecular weight excluding hydrogens is 298 g/mol. The SMILES string of the molecule is COc1cc(NC(=O)C(Cl)OC)ccc1S(=O)(=O)O. The molecule has 19 heavy (non-hydrogen) atoms. The highest BCUT2D eigenvalue weighted by Gasteiger charge is 2.19. The van der Waals surface area contributed by atoms with Crippen molar-refractivity contribution in [2.45, 2.75) is 10.5 Å². The molecule has 0 saturated carbocycles. The van der Waals surface area contributed by atoms with Gasteiger partial charge in [0.2, 0.25) is 5.56 Å². The van der Waals surface area contributed by atoms with Gasteiger partial charge in [-0.15, -0.1) is 0 Å². The summed E-state index contributed by atoms with van der Waals surface area (Å²) in [6, 6.07) is 3.61. The van der Waals surface area contributed by atoms with Crippen LogP contribution in [0.4, 0.5) is 5.69 Å². The first-order chi connectivity index (χ1) is 8.79. The second kappa shape index (κ2) is 6.20. The fourth-order valence-electron chi connectivity index (χ4n) is 1.26. The molecule has 1 atom stereocenters. The number of carbonyl (C=O) groups is 1. The minimum Gasteiger partial charge on any atom is -0.495 e. The molecule has 0 aromatic heterocycles. The molecule has 0 aliphatic carbocycles. The third kappa shape index (κ3) is 4.06. The topological polar surface area (TPSA) is 102 Å². The summed E-state index contributed by atoms with van der Waals surface area (Å²) in [5.41, 5.74) is -0.927. The summed E-state index contributed by atoms with van der Waals surface area (Å²) < 4.78 is 40.5. The molecule has 0 saturated heterocycles. The Hall–Kier alpha value is -1.35. The van der Waals surface area contributed by atoms with Crippen LogP contribution in [0, 0.1) is 0 Å². The Balaban J connectivity index is 3.05. The number of amides is 1. The van der Waals surface area contributed by atoms with Crippen molar-refractivity contribution < 1.29 is 27.2 Å². The molecular formula is C10H12ClNO6S. The normalized spacial score (nSPS) is 12.8. The van der Waals surface area contributed by atoms with Gasteiger partial charge in [0.1, 0.15) is 10.6 Å². The second-order valence-corrected chi connectivity index (χ2v) is 5.17. The summed E-state index contributed by atoms with van der Waals surface area (Å²) >= 11 is 5.54. The van der Waals surface area contributed by atoms with Gasteiger partial charge in [-0.05, 0) is 12.1 Å². The van der Waals surface area contributed by atoms with E-state index in [9.17, 15) is 13.2 Å². The van der Waals surface area contributed by atoms with E-state index in [0.717, 1.165) is 6.07 Å². The second-order valence-electron chi connectivity index (χ2n) is 3.38. The predicted molar refractivity (Wildman–Crippen MR) is 68.1 cm³/mol. The van der Waals surface area contributed by atoms with Crippen molar-refractivity contribution in [3.63, 3.8) is 0 Å². The number of hydrogen-bond donors (Lipinski definition) is 2. The van der Waals surface area contributed by atoms with Crippen LogP contribution in [0.1, 0.15) is 0 Å². The van der Waals surface area contributed by atoms with Crippen molar-refractivity contribution in [2.24, 2.45) is 0 Å². The number of ether oxygens (including phenoxy) is 2. The zero-order valence-electron chi connectivity index (χ0n) is 10.1. The van der Waals surface area contributed by atoms with E-state index in [0.29, 0.717) is 0 Å². The molecule has 9 heteroatoms. The van der Waals surface area contributed by atoms with Crippen LogP contribution in [0.2, 0.25) is 0 Å². The number of benzene rings is 1. The summed E-state index contributed by atoms with van der Waals surface area (Å²) in [5.74, 6) is -0.727. The lowest BCUT2D eigenvalue weighted by molar-refractivity contribution is -0.121. The number of methoxy groups -OCH3 is 2. The van der Waals surface area contributed by atoms with Crippen molar-refractivity contribution in [3.05, 3.63) is 18.2 Å². The zero-order chi connectivity index (χ0) is 14.6. The summed E-state index contributed by atoms with van der Waals surface area (Å²) in [6.07, 6.45) is 0. The van der Waals surface area contributed by atoms with Crippen molar-refractivity contribution >= 4 is 33.3 Å². The quantitative estimate of drug-likeness (QED) is 0.623. The molecule has 2 N–H and O–H groups in total. The summed E-state index contributed by atoms with van der Waals surface area (Å²) in [4.78, 5) is 11.0. The Kier molecular flexibility index (Phi) is 5.12. The van der Waals surface area contributed by atoms with E-state index in [-0.39, 0.29) is 11.4 Å². The van der Waals surface area contributed by atoms with Gasteiger partial charge in [0.25, 0.3) is 16.0 Å². The molecule has 0 radical (unpaired) electrons. The fourth-order valence-corrected chi connectivity index (χ4v) is 1.96. The molecule has 1 aromatic carbocycles. The molecule has 0 aliphatic rings. The predicted octanol–water partition coefficient (Wildman–Crippen LogP) is 1.09. The Morgan fingerprint density at radius 2 is 2.05 bits per heavy atom. The van der Waals surface area contributed by atoms with Gasteiger partial charge in [-0.3, -0.25) is 9.35 Å². The van der Waals surface area contributed by atoms with Crippen LogP contribution < -0.4 is 10.1 Å². The number of rotatable bonds is 5. The van der Waals surface area contributed by atoms with Gasteiger partial charge in [-0.2, -0.15) is 8.42 Å². The minimum atomic E-state index is -4.40. The fraction of sp³-hybridized carbons (Fsp3) is 0.300. The van der Waals surface area contributed by atoms with Crippen LogP contribution in [0.5, 0.6) is 5.75 Å². The Labute approximate surface area is 115 Å². The average molecular weight is 310 g/mol. The first kappa shape index (κ1) is 15.7. The van der Waals surface area contributed by atoms with E-state index >= 15 is 0 Å². The maximum atomic E-state index is 11.4. The van der Waals surface area contributed by atoms with Crippen molar-refractivity contribution in [2.75, 3.05) is 19.5 Å². The van der Waals surface area contributed by atoms with Crippen molar-refractivity contribution in [3.8, 4) is 5.75 Å². The lowest BCUT2D eigenvalue weighted by Crippen LogP contribution is -2.24. The highest BCUT2D eigenvalue weighted by molar-refractivity contribution is 7.86. The smallest absolute Gasteiger partial charge is 0.298 e. The van der Waals surface area contributed by atoms with Crippen LogP contribution in [0.15, 0.2) is 23.1 Å². The van der Waals surface area contributed by atoms with Crippen LogP contribution in [0.3, 0.4) is 0 Å². The molecule has 1 rings (SSSR count). The number of anilines is 1. The standard InChI is InChI=1S/C10H12ClNO6S/c1-17-7-5-6(12-10(13)9(11)18-2)3-4-8(7)19(14,15)16/h3-5,9H,1-2H3,(H,12,13)(H,14,15,16). The zero-order valence-corrected chi connectivity index (χ0v) is 11.7. The van der Waals surface area contributed by atoms with Gasteiger partial charge >= 0.3 is 0 Å². The molecule has 1 unspecified atom stereocenters.